The number of aromatic nitrogens is 3. The summed E-state index contributed by atoms with van der Waals surface area (Å²) >= 11 is 11.0. The molecule has 0 aliphatic heterocycles. The van der Waals surface area contributed by atoms with Gasteiger partial charge in [0.15, 0.2) is 0 Å². The standard InChI is InChI=1S/C11H12BrClN4S/c1-5-9(18-7(3)16-5)6(2)17-11-8(12)10(13)14-4-15-11/h4,6H,1-3H3,(H,14,15,17). The molecule has 0 aromatic carbocycles. The molecule has 0 amide bonds. The van der Waals surface area contributed by atoms with E-state index in [1.807, 2.05) is 13.8 Å². The summed E-state index contributed by atoms with van der Waals surface area (Å²) in [6.45, 7) is 6.09. The molecule has 18 heavy (non-hydrogen) atoms. The van der Waals surface area contributed by atoms with Crippen LogP contribution in [0.25, 0.3) is 0 Å². The van der Waals surface area contributed by atoms with Crippen molar-refractivity contribution in [2.24, 2.45) is 0 Å². The van der Waals surface area contributed by atoms with Gasteiger partial charge in [0.2, 0.25) is 0 Å². The fourth-order valence-electron chi connectivity index (χ4n) is 1.67. The summed E-state index contributed by atoms with van der Waals surface area (Å²) in [5.74, 6) is 0.688. The van der Waals surface area contributed by atoms with E-state index >= 15 is 0 Å². The molecule has 4 nitrogen and oxygen atoms in total. The molecule has 0 saturated carbocycles. The van der Waals surface area contributed by atoms with Crippen LogP contribution in [-0.2, 0) is 0 Å². The number of halogens is 2. The third-order valence-corrected chi connectivity index (χ3v) is 4.95. The zero-order valence-corrected chi connectivity index (χ0v) is 13.3. The monoisotopic (exact) mass is 346 g/mol. The third-order valence-electron chi connectivity index (χ3n) is 2.43. The molecule has 96 valence electrons. The molecular weight excluding hydrogens is 336 g/mol. The van der Waals surface area contributed by atoms with E-state index in [1.165, 1.54) is 11.2 Å². The van der Waals surface area contributed by atoms with Crippen molar-refractivity contribution >= 4 is 44.7 Å². The normalized spacial score (nSPS) is 12.5. The Hall–Kier alpha value is -0.720. The number of nitrogens with one attached hydrogen (secondary N) is 1. The molecule has 2 aromatic rings. The lowest BCUT2D eigenvalue weighted by molar-refractivity contribution is 0.875. The van der Waals surface area contributed by atoms with Crippen LogP contribution >= 0.6 is 38.9 Å². The predicted molar refractivity (Wildman–Crippen MR) is 78.4 cm³/mol. The molecule has 0 aliphatic rings. The summed E-state index contributed by atoms with van der Waals surface area (Å²) in [5, 5.41) is 4.78. The van der Waals surface area contributed by atoms with Crippen molar-refractivity contribution in [1.82, 2.24) is 15.0 Å². The average Bonchev–Trinajstić information content (AvgIpc) is 2.64. The van der Waals surface area contributed by atoms with E-state index in [9.17, 15) is 0 Å². The van der Waals surface area contributed by atoms with Crippen LogP contribution in [0.15, 0.2) is 10.8 Å². The maximum Gasteiger partial charge on any atom is 0.148 e. The van der Waals surface area contributed by atoms with Crippen LogP contribution in [0.2, 0.25) is 5.15 Å². The van der Waals surface area contributed by atoms with Crippen molar-refractivity contribution in [2.45, 2.75) is 26.8 Å². The first-order valence-electron chi connectivity index (χ1n) is 5.35. The Labute approximate surface area is 123 Å². The van der Waals surface area contributed by atoms with E-state index in [0.29, 0.717) is 15.4 Å². The second kappa shape index (κ2) is 5.50. The van der Waals surface area contributed by atoms with E-state index < -0.39 is 0 Å². The third kappa shape index (κ3) is 2.81. The summed E-state index contributed by atoms with van der Waals surface area (Å²) in [6.07, 6.45) is 1.44. The second-order valence-electron chi connectivity index (χ2n) is 3.88. The highest BCUT2D eigenvalue weighted by atomic mass is 79.9. The van der Waals surface area contributed by atoms with E-state index in [4.69, 9.17) is 11.6 Å². The van der Waals surface area contributed by atoms with Gasteiger partial charge in [-0.25, -0.2) is 15.0 Å². The highest BCUT2D eigenvalue weighted by molar-refractivity contribution is 9.10. The minimum absolute atomic E-state index is 0.124. The molecule has 0 radical (unpaired) electrons. The Morgan fingerprint density at radius 3 is 2.72 bits per heavy atom. The van der Waals surface area contributed by atoms with Gasteiger partial charge in [0, 0.05) is 4.88 Å². The van der Waals surface area contributed by atoms with Gasteiger partial charge in [0.1, 0.15) is 17.3 Å². The molecule has 0 aliphatic carbocycles. The predicted octanol–water partition coefficient (Wildman–Crippen LogP) is 4.14. The van der Waals surface area contributed by atoms with Gasteiger partial charge in [-0.05, 0) is 36.7 Å². The fourth-order valence-corrected chi connectivity index (χ4v) is 3.05. The number of nitrogens with zero attached hydrogens (tertiary/aromatic N) is 3. The Morgan fingerprint density at radius 2 is 2.11 bits per heavy atom. The summed E-state index contributed by atoms with van der Waals surface area (Å²) < 4.78 is 0.678. The average molecular weight is 348 g/mol. The lowest BCUT2D eigenvalue weighted by atomic mass is 10.2. The Morgan fingerprint density at radius 1 is 1.39 bits per heavy atom. The first-order chi connectivity index (χ1) is 8.49. The molecule has 1 N–H and O–H groups in total. The van der Waals surface area contributed by atoms with Gasteiger partial charge >= 0.3 is 0 Å². The summed E-state index contributed by atoms with van der Waals surface area (Å²) in [7, 11) is 0. The van der Waals surface area contributed by atoms with E-state index in [2.05, 4.69) is 43.1 Å². The molecule has 7 heteroatoms. The highest BCUT2D eigenvalue weighted by Gasteiger charge is 2.15. The van der Waals surface area contributed by atoms with Crippen LogP contribution < -0.4 is 5.32 Å². The molecule has 1 atom stereocenters. The van der Waals surface area contributed by atoms with Gasteiger partial charge in [-0.2, -0.15) is 0 Å². The first kappa shape index (κ1) is 13.7. The van der Waals surface area contributed by atoms with Crippen LogP contribution in [0.5, 0.6) is 0 Å². The zero-order valence-electron chi connectivity index (χ0n) is 10.2. The molecular formula is C11H12BrClN4S. The lowest BCUT2D eigenvalue weighted by Gasteiger charge is -2.14. The maximum atomic E-state index is 5.93. The van der Waals surface area contributed by atoms with E-state index in [-0.39, 0.29) is 6.04 Å². The molecule has 0 spiro atoms. The van der Waals surface area contributed by atoms with Gasteiger partial charge in [-0.1, -0.05) is 11.6 Å². The Bertz CT molecular complexity index is 572. The molecule has 2 heterocycles. The number of anilines is 1. The molecule has 1 unspecified atom stereocenters. The van der Waals surface area contributed by atoms with Gasteiger partial charge in [-0.3, -0.25) is 0 Å². The Balaban J connectivity index is 2.24. The van der Waals surface area contributed by atoms with Crippen LogP contribution in [0.3, 0.4) is 0 Å². The van der Waals surface area contributed by atoms with E-state index in [0.717, 1.165) is 10.7 Å². The van der Waals surface area contributed by atoms with Crippen LogP contribution in [-0.4, -0.2) is 15.0 Å². The molecule has 0 fully saturated rings. The number of aryl methyl sites for hydroxylation is 2. The fraction of sp³-hybridized carbons (Fsp3) is 0.364. The van der Waals surface area contributed by atoms with Crippen LogP contribution in [0.1, 0.15) is 28.5 Å². The minimum atomic E-state index is 0.124. The van der Waals surface area contributed by atoms with Crippen molar-refractivity contribution in [3.8, 4) is 0 Å². The Kier molecular flexibility index (Phi) is 4.19. The quantitative estimate of drug-likeness (QED) is 0.848. The topological polar surface area (TPSA) is 50.7 Å². The largest absolute Gasteiger partial charge is 0.362 e. The van der Waals surface area contributed by atoms with Gasteiger partial charge in [0.05, 0.1) is 21.2 Å². The van der Waals surface area contributed by atoms with Gasteiger partial charge in [0.25, 0.3) is 0 Å². The van der Waals surface area contributed by atoms with Crippen molar-refractivity contribution in [1.29, 1.82) is 0 Å². The van der Waals surface area contributed by atoms with Crippen molar-refractivity contribution < 1.29 is 0 Å². The summed E-state index contributed by atoms with van der Waals surface area (Å²) in [6, 6.07) is 0.124. The highest BCUT2D eigenvalue weighted by Crippen LogP contribution is 2.31. The smallest absolute Gasteiger partial charge is 0.148 e. The van der Waals surface area contributed by atoms with Crippen molar-refractivity contribution in [3.05, 3.63) is 31.5 Å². The summed E-state index contributed by atoms with van der Waals surface area (Å²) in [5.41, 5.74) is 1.05. The van der Waals surface area contributed by atoms with Gasteiger partial charge in [-0.15, -0.1) is 11.3 Å². The first-order valence-corrected chi connectivity index (χ1v) is 7.34. The number of hydrogen-bond donors (Lipinski definition) is 1. The van der Waals surface area contributed by atoms with Crippen LogP contribution in [0, 0.1) is 13.8 Å². The maximum absolute atomic E-state index is 5.93. The van der Waals surface area contributed by atoms with Crippen LogP contribution in [0.4, 0.5) is 5.82 Å². The van der Waals surface area contributed by atoms with Gasteiger partial charge < -0.3 is 5.32 Å². The number of rotatable bonds is 3. The minimum Gasteiger partial charge on any atom is -0.362 e. The second-order valence-corrected chi connectivity index (χ2v) is 6.26. The zero-order chi connectivity index (χ0) is 13.3. The molecule has 0 bridgehead atoms. The molecule has 2 aromatic heterocycles. The number of hydrogen-bond acceptors (Lipinski definition) is 5. The summed E-state index contributed by atoms with van der Waals surface area (Å²) in [4.78, 5) is 13.7. The SMILES string of the molecule is Cc1nc(C)c(C(C)Nc2ncnc(Cl)c2Br)s1. The molecule has 0 saturated heterocycles. The van der Waals surface area contributed by atoms with E-state index in [1.54, 1.807) is 11.3 Å². The lowest BCUT2D eigenvalue weighted by Crippen LogP contribution is -2.08. The number of thiazole rings is 1. The van der Waals surface area contributed by atoms with Crippen molar-refractivity contribution in [3.63, 3.8) is 0 Å². The van der Waals surface area contributed by atoms with Crippen molar-refractivity contribution in [2.75, 3.05) is 5.32 Å². The molecule has 2 rings (SSSR count).